The Hall–Kier alpha value is -2.55. The Labute approximate surface area is 205 Å². The lowest BCUT2D eigenvalue weighted by Gasteiger charge is -2.22. The highest BCUT2D eigenvalue weighted by atomic mass is 35.5. The van der Waals surface area contributed by atoms with Crippen LogP contribution in [0.1, 0.15) is 45.9 Å². The van der Waals surface area contributed by atoms with Crippen molar-refractivity contribution in [3.05, 3.63) is 87.0 Å². The molecule has 10 heteroatoms. The summed E-state index contributed by atoms with van der Waals surface area (Å²) in [6.07, 6.45) is -1.19. The Balaban J connectivity index is 1.56. The van der Waals surface area contributed by atoms with Crippen LogP contribution in [0.2, 0.25) is 10.0 Å². The molecule has 1 saturated heterocycles. The zero-order valence-electron chi connectivity index (χ0n) is 18.1. The van der Waals surface area contributed by atoms with Crippen LogP contribution in [0.4, 0.5) is 13.2 Å². The number of hydrogen-bond donors (Lipinski definition) is 0. The van der Waals surface area contributed by atoms with Crippen LogP contribution in [0, 0.1) is 0 Å². The number of aromatic nitrogens is 1. The molecule has 0 spiro atoms. The summed E-state index contributed by atoms with van der Waals surface area (Å²) in [6, 6.07) is 10.2. The molecule has 0 radical (unpaired) electrons. The number of amides is 1. The number of likely N-dealkylation sites (tertiary alicyclic amines) is 1. The highest BCUT2D eigenvalue weighted by Gasteiger charge is 2.30. The first-order valence-corrected chi connectivity index (χ1v) is 11.5. The second-order valence-electron chi connectivity index (χ2n) is 8.20. The van der Waals surface area contributed by atoms with E-state index in [0.29, 0.717) is 41.1 Å². The molecule has 0 unspecified atom stereocenters. The van der Waals surface area contributed by atoms with Gasteiger partial charge < -0.3 is 9.32 Å². The molecule has 0 saturated carbocycles. The first kappa shape index (κ1) is 24.6. The molecule has 180 valence electrons. The topological polar surface area (TPSA) is 49.6 Å². The molecule has 5 nitrogen and oxygen atoms in total. The van der Waals surface area contributed by atoms with Crippen LogP contribution in [0.15, 0.2) is 53.1 Å². The van der Waals surface area contributed by atoms with E-state index in [2.05, 4.69) is 4.98 Å². The van der Waals surface area contributed by atoms with E-state index in [-0.39, 0.29) is 24.7 Å². The fourth-order valence-corrected chi connectivity index (χ4v) is 4.39. The summed E-state index contributed by atoms with van der Waals surface area (Å²) < 4.78 is 45.1. The normalized spacial score (nSPS) is 14.2. The average Bonchev–Trinajstić information content (AvgIpc) is 3.47. The molecule has 3 aromatic rings. The lowest BCUT2D eigenvalue weighted by atomic mass is 10.1. The maximum atomic E-state index is 13.2. The molecule has 0 N–H and O–H groups in total. The van der Waals surface area contributed by atoms with Crippen molar-refractivity contribution in [2.75, 3.05) is 13.1 Å². The van der Waals surface area contributed by atoms with Crippen molar-refractivity contribution in [3.63, 3.8) is 0 Å². The first-order valence-electron chi connectivity index (χ1n) is 10.7. The van der Waals surface area contributed by atoms with Gasteiger partial charge in [0.15, 0.2) is 5.69 Å². The van der Waals surface area contributed by atoms with Crippen LogP contribution in [-0.2, 0) is 25.8 Å². The highest BCUT2D eigenvalue weighted by Crippen LogP contribution is 2.30. The molecule has 0 atom stereocenters. The summed E-state index contributed by atoms with van der Waals surface area (Å²) in [4.78, 5) is 20.5. The first-order chi connectivity index (χ1) is 16.2. The van der Waals surface area contributed by atoms with Crippen molar-refractivity contribution in [1.29, 1.82) is 0 Å². The van der Waals surface area contributed by atoms with Crippen molar-refractivity contribution in [2.24, 2.45) is 0 Å². The Kier molecular flexibility index (Phi) is 7.50. The number of rotatable bonds is 7. The Morgan fingerprint density at radius 2 is 1.82 bits per heavy atom. The number of alkyl halides is 3. The third kappa shape index (κ3) is 6.11. The van der Waals surface area contributed by atoms with Crippen LogP contribution < -0.4 is 0 Å². The van der Waals surface area contributed by atoms with Crippen LogP contribution >= 0.6 is 23.2 Å². The maximum absolute atomic E-state index is 13.2. The third-order valence-electron chi connectivity index (χ3n) is 5.59. The molecule has 1 amide bonds. The van der Waals surface area contributed by atoms with Crippen molar-refractivity contribution < 1.29 is 22.4 Å². The summed E-state index contributed by atoms with van der Waals surface area (Å²) in [5.41, 5.74) is 0.724. The molecule has 4 rings (SSSR count). The van der Waals surface area contributed by atoms with Gasteiger partial charge in [-0.05, 0) is 42.2 Å². The van der Waals surface area contributed by atoms with E-state index in [0.717, 1.165) is 30.5 Å². The molecule has 1 aliphatic rings. The minimum absolute atomic E-state index is 0.169. The Morgan fingerprint density at radius 1 is 1.06 bits per heavy atom. The lowest BCUT2D eigenvalue weighted by Crippen LogP contribution is -2.28. The summed E-state index contributed by atoms with van der Waals surface area (Å²) in [5.74, 6) is 0.109. The van der Waals surface area contributed by atoms with Gasteiger partial charge in [-0.3, -0.25) is 9.69 Å². The van der Waals surface area contributed by atoms with Crippen LogP contribution in [-0.4, -0.2) is 33.8 Å². The second-order valence-corrected chi connectivity index (χ2v) is 9.05. The van der Waals surface area contributed by atoms with Crippen molar-refractivity contribution in [2.45, 2.75) is 38.7 Å². The van der Waals surface area contributed by atoms with Gasteiger partial charge in [0.25, 0.3) is 5.91 Å². The largest absolute Gasteiger partial charge is 0.447 e. The molecule has 34 heavy (non-hydrogen) atoms. The fraction of sp³-hybridized carbons (Fsp3) is 0.333. The van der Waals surface area contributed by atoms with Gasteiger partial charge in [-0.25, -0.2) is 4.98 Å². The number of oxazole rings is 1. The average molecular weight is 512 g/mol. The molecule has 0 bridgehead atoms. The number of halogens is 5. The van der Waals surface area contributed by atoms with Gasteiger partial charge in [-0.2, -0.15) is 13.2 Å². The number of carbonyl (C=O) groups is 1. The summed E-state index contributed by atoms with van der Waals surface area (Å²) in [5, 5.41) is 0.926. The van der Waals surface area contributed by atoms with E-state index >= 15 is 0 Å². The minimum atomic E-state index is -4.44. The Morgan fingerprint density at radius 3 is 2.53 bits per heavy atom. The van der Waals surface area contributed by atoms with Gasteiger partial charge in [0.2, 0.25) is 5.89 Å². The number of hydrogen-bond acceptors (Lipinski definition) is 4. The lowest BCUT2D eigenvalue weighted by molar-refractivity contribution is -0.137. The summed E-state index contributed by atoms with van der Waals surface area (Å²) in [6.45, 7) is 2.04. The van der Waals surface area contributed by atoms with E-state index in [1.54, 1.807) is 29.2 Å². The van der Waals surface area contributed by atoms with Gasteiger partial charge in [-0.15, -0.1) is 0 Å². The molecule has 1 aliphatic heterocycles. The molecular weight excluding hydrogens is 490 g/mol. The van der Waals surface area contributed by atoms with E-state index in [9.17, 15) is 18.0 Å². The Bertz CT molecular complexity index is 1160. The molecule has 2 heterocycles. The van der Waals surface area contributed by atoms with Crippen LogP contribution in [0.5, 0.6) is 0 Å². The van der Waals surface area contributed by atoms with Crippen molar-refractivity contribution >= 4 is 29.1 Å². The van der Waals surface area contributed by atoms with E-state index in [1.807, 2.05) is 4.90 Å². The summed E-state index contributed by atoms with van der Waals surface area (Å²) >= 11 is 12.3. The molecule has 1 fully saturated rings. The monoisotopic (exact) mass is 511 g/mol. The van der Waals surface area contributed by atoms with E-state index in [4.69, 9.17) is 27.6 Å². The second kappa shape index (κ2) is 10.4. The van der Waals surface area contributed by atoms with E-state index < -0.39 is 11.7 Å². The van der Waals surface area contributed by atoms with Gasteiger partial charge >= 0.3 is 6.18 Å². The molecular formula is C24H22Cl2F3N3O2. The number of benzene rings is 2. The zero-order chi connectivity index (χ0) is 24.3. The van der Waals surface area contributed by atoms with E-state index in [1.165, 1.54) is 12.3 Å². The van der Waals surface area contributed by atoms with Gasteiger partial charge in [0, 0.05) is 36.2 Å². The van der Waals surface area contributed by atoms with Gasteiger partial charge in [0.1, 0.15) is 6.26 Å². The molecule has 1 aromatic heterocycles. The SMILES string of the molecule is O=C(c1coc(CN(Cc2cccc(C(F)(F)F)c2)Cc2ccc(Cl)cc2Cl)n1)N1CCCC1. The minimum Gasteiger partial charge on any atom is -0.447 e. The van der Waals surface area contributed by atoms with Crippen molar-refractivity contribution in [1.82, 2.24) is 14.8 Å². The standard InChI is InChI=1S/C24H22Cl2F3N3O2/c25-19-7-6-17(20(26)11-19)13-31(12-16-4-3-5-18(10-16)24(27,28)29)14-22-30-21(15-34-22)23(33)32-8-1-2-9-32/h3-7,10-11,15H,1-2,8-9,12-14H2. The quantitative estimate of drug-likeness (QED) is 0.366. The fourth-order valence-electron chi connectivity index (χ4n) is 3.92. The number of nitrogens with zero attached hydrogens (tertiary/aromatic N) is 3. The van der Waals surface area contributed by atoms with Crippen LogP contribution in [0.3, 0.4) is 0 Å². The summed E-state index contributed by atoms with van der Waals surface area (Å²) in [7, 11) is 0. The maximum Gasteiger partial charge on any atom is 0.416 e. The number of carbonyl (C=O) groups excluding carboxylic acids is 1. The molecule has 2 aromatic carbocycles. The smallest absolute Gasteiger partial charge is 0.416 e. The van der Waals surface area contributed by atoms with Gasteiger partial charge in [-0.1, -0.05) is 47.5 Å². The third-order valence-corrected chi connectivity index (χ3v) is 6.18. The zero-order valence-corrected chi connectivity index (χ0v) is 19.6. The highest BCUT2D eigenvalue weighted by molar-refractivity contribution is 6.35. The predicted octanol–water partition coefficient (Wildman–Crippen LogP) is 6.44. The van der Waals surface area contributed by atoms with Gasteiger partial charge in [0.05, 0.1) is 12.1 Å². The predicted molar refractivity (Wildman–Crippen MR) is 122 cm³/mol. The van der Waals surface area contributed by atoms with Crippen molar-refractivity contribution in [3.8, 4) is 0 Å². The molecule has 0 aliphatic carbocycles. The van der Waals surface area contributed by atoms with Crippen LogP contribution in [0.25, 0.3) is 0 Å².